The van der Waals surface area contributed by atoms with E-state index in [1.807, 2.05) is 6.08 Å². The Kier molecular flexibility index (Phi) is 2.97. The minimum atomic E-state index is -0.983. The summed E-state index contributed by atoms with van der Waals surface area (Å²) in [4.78, 5) is 24.0. The molecule has 24 heavy (non-hydrogen) atoms. The first-order valence-electron chi connectivity index (χ1n) is 7.95. The normalized spacial score (nSPS) is 24.4. The molecule has 4 rings (SSSR count). The second kappa shape index (κ2) is 4.84. The summed E-state index contributed by atoms with van der Waals surface area (Å²) >= 11 is 0. The van der Waals surface area contributed by atoms with Crippen LogP contribution in [0.2, 0.25) is 0 Å². The average Bonchev–Trinajstić information content (AvgIpc) is 3.19. The van der Waals surface area contributed by atoms with Gasteiger partial charge in [-0.15, -0.1) is 0 Å². The molecule has 1 aliphatic carbocycles. The topological polar surface area (TPSA) is 71.3 Å². The molecule has 1 amide bonds. The molecule has 0 radical (unpaired) electrons. The third-order valence-electron chi connectivity index (χ3n) is 5.19. The summed E-state index contributed by atoms with van der Waals surface area (Å²) in [6.45, 7) is 4.11. The molecule has 0 saturated carbocycles. The van der Waals surface area contributed by atoms with E-state index in [-0.39, 0.29) is 17.5 Å². The van der Waals surface area contributed by atoms with Crippen LogP contribution in [-0.4, -0.2) is 21.6 Å². The van der Waals surface area contributed by atoms with Gasteiger partial charge in [0.15, 0.2) is 0 Å². The largest absolute Gasteiger partial charge is 0.478 e. The van der Waals surface area contributed by atoms with E-state index in [0.717, 1.165) is 17.0 Å². The highest BCUT2D eigenvalue weighted by atomic mass is 16.4. The summed E-state index contributed by atoms with van der Waals surface area (Å²) in [6.07, 6.45) is 4.59. The van der Waals surface area contributed by atoms with Gasteiger partial charge in [0.05, 0.1) is 17.0 Å². The van der Waals surface area contributed by atoms with E-state index >= 15 is 0 Å². The number of aromatic carboxylic acids is 1. The molecule has 122 valence electrons. The summed E-state index contributed by atoms with van der Waals surface area (Å²) in [5.74, 6) is -1.07. The molecule has 2 N–H and O–H groups in total. The van der Waals surface area contributed by atoms with Gasteiger partial charge in [0.1, 0.15) is 0 Å². The number of nitrogens with one attached hydrogen (secondary N) is 1. The van der Waals surface area contributed by atoms with Crippen LogP contribution in [0.1, 0.15) is 39.8 Å². The summed E-state index contributed by atoms with van der Waals surface area (Å²) < 4.78 is 2.22. The SMILES string of the molecule is Cc1ccc(C)n1[C@@H]1C=C[C@@]2(C1)C(=O)Nc1ccc(C(=O)O)cc12. The Morgan fingerprint density at radius 2 is 1.96 bits per heavy atom. The van der Waals surface area contributed by atoms with Gasteiger partial charge in [0.25, 0.3) is 0 Å². The molecular formula is C19H18N2O3. The first-order valence-corrected chi connectivity index (χ1v) is 7.95. The monoisotopic (exact) mass is 322 g/mol. The van der Waals surface area contributed by atoms with Crippen molar-refractivity contribution in [1.29, 1.82) is 0 Å². The number of anilines is 1. The van der Waals surface area contributed by atoms with E-state index in [9.17, 15) is 14.7 Å². The number of allylic oxidation sites excluding steroid dienone is 1. The van der Waals surface area contributed by atoms with Crippen LogP contribution in [0.5, 0.6) is 0 Å². The van der Waals surface area contributed by atoms with Gasteiger partial charge in [-0.05, 0) is 56.2 Å². The van der Waals surface area contributed by atoms with Crippen molar-refractivity contribution in [3.8, 4) is 0 Å². The van der Waals surface area contributed by atoms with Crippen molar-refractivity contribution < 1.29 is 14.7 Å². The molecule has 0 bridgehead atoms. The highest BCUT2D eigenvalue weighted by Crippen LogP contribution is 2.49. The lowest BCUT2D eigenvalue weighted by Crippen LogP contribution is -2.31. The van der Waals surface area contributed by atoms with Crippen molar-refractivity contribution in [2.45, 2.75) is 31.7 Å². The Balaban J connectivity index is 1.79. The molecule has 5 nitrogen and oxygen atoms in total. The highest BCUT2D eigenvalue weighted by Gasteiger charge is 2.49. The average molecular weight is 322 g/mol. The zero-order chi connectivity index (χ0) is 17.1. The van der Waals surface area contributed by atoms with Gasteiger partial charge < -0.3 is 15.0 Å². The lowest BCUT2D eigenvalue weighted by atomic mass is 9.80. The maximum atomic E-state index is 12.7. The van der Waals surface area contributed by atoms with E-state index < -0.39 is 11.4 Å². The minimum Gasteiger partial charge on any atom is -0.478 e. The third kappa shape index (κ3) is 1.87. The number of carbonyl (C=O) groups excluding carboxylic acids is 1. The Morgan fingerprint density at radius 3 is 2.62 bits per heavy atom. The molecule has 2 aromatic rings. The Labute approximate surface area is 139 Å². The molecule has 1 spiro atoms. The van der Waals surface area contributed by atoms with Gasteiger partial charge >= 0.3 is 5.97 Å². The minimum absolute atomic E-state index is 0.0822. The van der Waals surface area contributed by atoms with Crippen molar-refractivity contribution >= 4 is 17.6 Å². The van der Waals surface area contributed by atoms with E-state index in [1.165, 1.54) is 6.07 Å². The Hall–Kier alpha value is -2.82. The third-order valence-corrected chi connectivity index (χ3v) is 5.19. The van der Waals surface area contributed by atoms with Crippen molar-refractivity contribution in [2.75, 3.05) is 5.32 Å². The first-order chi connectivity index (χ1) is 11.4. The van der Waals surface area contributed by atoms with Crippen LogP contribution in [0.25, 0.3) is 0 Å². The first kappa shape index (κ1) is 14.8. The van der Waals surface area contributed by atoms with Crippen molar-refractivity contribution in [3.63, 3.8) is 0 Å². The van der Waals surface area contributed by atoms with E-state index in [2.05, 4.69) is 41.9 Å². The number of fused-ring (bicyclic) bond motifs is 2. The van der Waals surface area contributed by atoms with Gasteiger partial charge in [0, 0.05) is 17.1 Å². The van der Waals surface area contributed by atoms with Crippen LogP contribution in [0.15, 0.2) is 42.5 Å². The number of nitrogens with zero attached hydrogens (tertiary/aromatic N) is 1. The number of hydrogen-bond donors (Lipinski definition) is 2. The van der Waals surface area contributed by atoms with Gasteiger partial charge in [-0.3, -0.25) is 4.79 Å². The number of carbonyl (C=O) groups is 2. The lowest BCUT2D eigenvalue weighted by Gasteiger charge is -2.24. The zero-order valence-corrected chi connectivity index (χ0v) is 13.5. The standard InChI is InChI=1S/C19H18N2O3/c1-11-3-4-12(2)21(11)14-7-8-19(10-14)15-9-13(17(22)23)5-6-16(15)20-18(19)24/h3-9,14H,10H2,1-2H3,(H,20,24)(H,22,23)/t14-,19+/m1/s1. The van der Waals surface area contributed by atoms with E-state index in [4.69, 9.17) is 0 Å². The van der Waals surface area contributed by atoms with Crippen LogP contribution in [0.3, 0.4) is 0 Å². The second-order valence-corrected chi connectivity index (χ2v) is 6.61. The zero-order valence-electron chi connectivity index (χ0n) is 13.5. The fourth-order valence-corrected chi connectivity index (χ4v) is 4.00. The quantitative estimate of drug-likeness (QED) is 0.834. The molecule has 0 unspecified atom stereocenters. The predicted octanol–water partition coefficient (Wildman–Crippen LogP) is 3.19. The van der Waals surface area contributed by atoms with Gasteiger partial charge in [-0.2, -0.15) is 0 Å². The summed E-state index contributed by atoms with van der Waals surface area (Å²) in [7, 11) is 0. The molecule has 1 aromatic carbocycles. The molecule has 0 fully saturated rings. The number of hydrogen-bond acceptors (Lipinski definition) is 2. The van der Waals surface area contributed by atoms with Gasteiger partial charge in [-0.1, -0.05) is 12.2 Å². The van der Waals surface area contributed by atoms with Crippen molar-refractivity contribution in [2.24, 2.45) is 0 Å². The predicted molar refractivity (Wildman–Crippen MR) is 90.4 cm³/mol. The van der Waals surface area contributed by atoms with Crippen LogP contribution in [0.4, 0.5) is 5.69 Å². The number of carboxylic acid groups (broad SMARTS) is 1. The van der Waals surface area contributed by atoms with Crippen molar-refractivity contribution in [3.05, 3.63) is 65.0 Å². The van der Waals surface area contributed by atoms with Crippen LogP contribution >= 0.6 is 0 Å². The Bertz CT molecular complexity index is 890. The van der Waals surface area contributed by atoms with E-state index in [1.54, 1.807) is 12.1 Å². The summed E-state index contributed by atoms with van der Waals surface area (Å²) in [5, 5.41) is 12.2. The number of rotatable bonds is 2. The van der Waals surface area contributed by atoms with Crippen molar-refractivity contribution in [1.82, 2.24) is 4.57 Å². The van der Waals surface area contributed by atoms with E-state index in [0.29, 0.717) is 12.1 Å². The fourth-order valence-electron chi connectivity index (χ4n) is 4.00. The molecular weight excluding hydrogens is 304 g/mol. The molecule has 1 aromatic heterocycles. The Morgan fingerprint density at radius 1 is 1.25 bits per heavy atom. The maximum Gasteiger partial charge on any atom is 0.335 e. The lowest BCUT2D eigenvalue weighted by molar-refractivity contribution is -0.119. The van der Waals surface area contributed by atoms with Crippen LogP contribution < -0.4 is 5.32 Å². The molecule has 2 heterocycles. The molecule has 2 atom stereocenters. The number of aryl methyl sites for hydroxylation is 2. The number of amides is 1. The number of aromatic nitrogens is 1. The maximum absolute atomic E-state index is 12.7. The molecule has 1 aliphatic heterocycles. The molecule has 0 saturated heterocycles. The fraction of sp³-hybridized carbons (Fsp3) is 0.263. The van der Waals surface area contributed by atoms with Crippen LogP contribution in [-0.2, 0) is 10.2 Å². The number of benzene rings is 1. The highest BCUT2D eigenvalue weighted by molar-refractivity contribution is 6.09. The summed E-state index contributed by atoms with van der Waals surface area (Å²) in [5.41, 5.74) is 3.18. The molecule has 5 heteroatoms. The number of carboxylic acids is 1. The summed E-state index contributed by atoms with van der Waals surface area (Å²) in [6, 6.07) is 9.05. The molecule has 2 aliphatic rings. The smallest absolute Gasteiger partial charge is 0.335 e. The second-order valence-electron chi connectivity index (χ2n) is 6.61. The van der Waals surface area contributed by atoms with Gasteiger partial charge in [0.2, 0.25) is 5.91 Å². The van der Waals surface area contributed by atoms with Crippen LogP contribution in [0, 0.1) is 13.8 Å². The van der Waals surface area contributed by atoms with Gasteiger partial charge in [-0.25, -0.2) is 4.79 Å².